The minimum absolute atomic E-state index is 0.0237. The zero-order valence-corrected chi connectivity index (χ0v) is 14.7. The average Bonchev–Trinajstić information content (AvgIpc) is 3.06. The molecule has 0 spiro atoms. The van der Waals surface area contributed by atoms with Gasteiger partial charge in [-0.15, -0.1) is 0 Å². The van der Waals surface area contributed by atoms with Crippen molar-refractivity contribution in [1.29, 1.82) is 0 Å². The second-order valence-corrected chi connectivity index (χ2v) is 7.18. The molecule has 1 atom stereocenters. The first-order valence-electron chi connectivity index (χ1n) is 8.41. The van der Waals surface area contributed by atoms with Crippen molar-refractivity contribution in [3.05, 3.63) is 36.0 Å². The number of likely N-dealkylation sites (tertiary alicyclic amines) is 1. The van der Waals surface area contributed by atoms with Gasteiger partial charge in [0.05, 0.1) is 17.5 Å². The molecule has 1 amide bonds. The number of carbonyl (C=O) groups is 1. The van der Waals surface area contributed by atoms with Crippen molar-refractivity contribution in [3.8, 4) is 17.0 Å². The summed E-state index contributed by atoms with van der Waals surface area (Å²) < 4.78 is 29.3. The molecule has 0 aliphatic carbocycles. The van der Waals surface area contributed by atoms with E-state index in [1.54, 1.807) is 17.0 Å². The van der Waals surface area contributed by atoms with Crippen LogP contribution < -0.4 is 10.5 Å². The molecular weight excluding hydrogens is 342 g/mol. The number of rotatable bonds is 4. The third kappa shape index (κ3) is 3.70. The topological polar surface area (TPSA) is 84.2 Å². The van der Waals surface area contributed by atoms with Crippen LogP contribution in [0.5, 0.6) is 5.75 Å². The second kappa shape index (κ2) is 7.03. The maximum atomic E-state index is 13.0. The first-order chi connectivity index (χ1) is 12.3. The van der Waals surface area contributed by atoms with E-state index in [1.165, 1.54) is 18.3 Å². The number of hydrogen-bond donors (Lipinski definition) is 2. The van der Waals surface area contributed by atoms with E-state index in [4.69, 9.17) is 5.73 Å². The Balaban J connectivity index is 1.86. The van der Waals surface area contributed by atoms with Gasteiger partial charge in [-0.2, -0.15) is 13.9 Å². The quantitative estimate of drug-likeness (QED) is 0.874. The summed E-state index contributed by atoms with van der Waals surface area (Å²) in [6.45, 7) is 2.29. The summed E-state index contributed by atoms with van der Waals surface area (Å²) in [5.74, 6) is -0.135. The van der Waals surface area contributed by atoms with Gasteiger partial charge in [0, 0.05) is 24.7 Å². The fourth-order valence-electron chi connectivity index (χ4n) is 3.21. The van der Waals surface area contributed by atoms with E-state index in [2.05, 4.69) is 14.9 Å². The normalized spacial score (nSPS) is 19.6. The lowest BCUT2D eigenvalue weighted by Crippen LogP contribution is -2.54. The van der Waals surface area contributed by atoms with E-state index in [-0.39, 0.29) is 23.1 Å². The van der Waals surface area contributed by atoms with Crippen LogP contribution >= 0.6 is 0 Å². The first kappa shape index (κ1) is 18.3. The maximum absolute atomic E-state index is 13.0. The van der Waals surface area contributed by atoms with E-state index >= 15 is 0 Å². The third-order valence-electron chi connectivity index (χ3n) is 4.82. The Morgan fingerprint density at radius 2 is 2.23 bits per heavy atom. The average molecular weight is 364 g/mol. The minimum Gasteiger partial charge on any atom is -0.435 e. The molecule has 140 valence electrons. The highest BCUT2D eigenvalue weighted by Crippen LogP contribution is 2.31. The lowest BCUT2D eigenvalue weighted by molar-refractivity contribution is -0.0498. The number of H-pyrrole nitrogens is 1. The molecule has 0 radical (unpaired) electrons. The van der Waals surface area contributed by atoms with Crippen LogP contribution in [-0.2, 0) is 0 Å². The zero-order valence-electron chi connectivity index (χ0n) is 14.7. The summed E-state index contributed by atoms with van der Waals surface area (Å²) in [5.41, 5.74) is 7.38. The molecule has 3 N–H and O–H groups in total. The molecule has 2 aromatic rings. The van der Waals surface area contributed by atoms with Gasteiger partial charge in [-0.1, -0.05) is 26.0 Å². The van der Waals surface area contributed by atoms with Gasteiger partial charge in [-0.3, -0.25) is 9.89 Å². The summed E-state index contributed by atoms with van der Waals surface area (Å²) >= 11 is 0. The number of piperidine rings is 1. The number of amides is 1. The molecule has 1 saturated heterocycles. The minimum atomic E-state index is -2.91. The molecule has 1 aromatic carbocycles. The number of benzene rings is 1. The van der Waals surface area contributed by atoms with E-state index in [0.717, 1.165) is 6.42 Å². The highest BCUT2D eigenvalue weighted by molar-refractivity contribution is 5.99. The Labute approximate surface area is 150 Å². The predicted molar refractivity (Wildman–Crippen MR) is 92.9 cm³/mol. The predicted octanol–water partition coefficient (Wildman–Crippen LogP) is 2.88. The third-order valence-corrected chi connectivity index (χ3v) is 4.82. The SMILES string of the molecule is CC1(C)CN(C(=O)c2cn[nH]c2-c2cccc(OC(F)F)c2)CCC1N. The van der Waals surface area contributed by atoms with Crippen LogP contribution in [0.25, 0.3) is 11.3 Å². The van der Waals surface area contributed by atoms with Crippen molar-refractivity contribution < 1.29 is 18.3 Å². The number of nitrogens with zero attached hydrogens (tertiary/aromatic N) is 2. The van der Waals surface area contributed by atoms with Crippen LogP contribution in [0.4, 0.5) is 8.78 Å². The molecule has 2 heterocycles. The molecule has 8 heteroatoms. The molecule has 1 aromatic heterocycles. The van der Waals surface area contributed by atoms with Crippen molar-refractivity contribution in [2.45, 2.75) is 32.9 Å². The Morgan fingerprint density at radius 3 is 2.92 bits per heavy atom. The number of alkyl halides is 2. The van der Waals surface area contributed by atoms with Crippen molar-refractivity contribution in [2.75, 3.05) is 13.1 Å². The number of halogens is 2. The van der Waals surface area contributed by atoms with Crippen LogP contribution in [0.1, 0.15) is 30.6 Å². The van der Waals surface area contributed by atoms with Crippen molar-refractivity contribution in [3.63, 3.8) is 0 Å². The molecule has 1 fully saturated rings. The highest BCUT2D eigenvalue weighted by atomic mass is 19.3. The molecule has 0 saturated carbocycles. The van der Waals surface area contributed by atoms with E-state index in [0.29, 0.717) is 29.9 Å². The number of nitrogens with two attached hydrogens (primary N) is 1. The summed E-state index contributed by atoms with van der Waals surface area (Å²) in [4.78, 5) is 14.7. The van der Waals surface area contributed by atoms with E-state index in [9.17, 15) is 13.6 Å². The second-order valence-electron chi connectivity index (χ2n) is 7.18. The van der Waals surface area contributed by atoms with Crippen molar-refractivity contribution in [2.24, 2.45) is 11.1 Å². The van der Waals surface area contributed by atoms with Gasteiger partial charge in [-0.25, -0.2) is 0 Å². The highest BCUT2D eigenvalue weighted by Gasteiger charge is 2.36. The molecule has 6 nitrogen and oxygen atoms in total. The van der Waals surface area contributed by atoms with Crippen LogP contribution in [0, 0.1) is 5.41 Å². The largest absolute Gasteiger partial charge is 0.435 e. The lowest BCUT2D eigenvalue weighted by Gasteiger charge is -2.42. The van der Waals surface area contributed by atoms with Crippen LogP contribution in [-0.4, -0.2) is 46.7 Å². The van der Waals surface area contributed by atoms with Crippen molar-refractivity contribution >= 4 is 5.91 Å². The number of hydrogen-bond acceptors (Lipinski definition) is 4. The summed E-state index contributed by atoms with van der Waals surface area (Å²) in [7, 11) is 0. The van der Waals surface area contributed by atoms with Gasteiger partial charge in [0.15, 0.2) is 0 Å². The summed E-state index contributed by atoms with van der Waals surface area (Å²) in [6, 6.07) is 6.22. The van der Waals surface area contributed by atoms with E-state index in [1.807, 2.05) is 13.8 Å². The molecule has 26 heavy (non-hydrogen) atoms. The standard InChI is InChI=1S/C18H22F2N4O2/c1-18(2)10-24(7-6-14(18)21)16(25)13-9-22-23-15(13)11-4-3-5-12(8-11)26-17(19)20/h3-5,8-9,14,17H,6-7,10,21H2,1-2H3,(H,22,23). The van der Waals surface area contributed by atoms with Crippen LogP contribution in [0.2, 0.25) is 0 Å². The maximum Gasteiger partial charge on any atom is 0.387 e. The van der Waals surface area contributed by atoms with Gasteiger partial charge < -0.3 is 15.4 Å². The fourth-order valence-corrected chi connectivity index (χ4v) is 3.21. The molecule has 1 aliphatic rings. The monoisotopic (exact) mass is 364 g/mol. The molecular formula is C18H22F2N4O2. The molecule has 3 rings (SSSR count). The van der Waals surface area contributed by atoms with Gasteiger partial charge in [0.2, 0.25) is 0 Å². The fraction of sp³-hybridized carbons (Fsp3) is 0.444. The zero-order chi connectivity index (χ0) is 18.9. The number of carbonyl (C=O) groups excluding carboxylic acids is 1. The number of ether oxygens (including phenoxy) is 1. The Hall–Kier alpha value is -2.48. The number of aromatic amines is 1. The van der Waals surface area contributed by atoms with Crippen molar-refractivity contribution in [1.82, 2.24) is 15.1 Å². The smallest absolute Gasteiger partial charge is 0.387 e. The van der Waals surface area contributed by atoms with E-state index < -0.39 is 6.61 Å². The van der Waals surface area contributed by atoms with Gasteiger partial charge in [0.25, 0.3) is 5.91 Å². The first-order valence-corrected chi connectivity index (χ1v) is 8.41. The Bertz CT molecular complexity index is 791. The van der Waals surface area contributed by atoms with Crippen LogP contribution in [0.3, 0.4) is 0 Å². The van der Waals surface area contributed by atoms with Gasteiger partial charge in [0.1, 0.15) is 5.75 Å². The Morgan fingerprint density at radius 1 is 1.46 bits per heavy atom. The summed E-state index contributed by atoms with van der Waals surface area (Å²) in [5, 5.41) is 6.76. The molecule has 1 aliphatic heterocycles. The van der Waals surface area contributed by atoms with Crippen LogP contribution in [0.15, 0.2) is 30.5 Å². The molecule has 0 bridgehead atoms. The lowest BCUT2D eigenvalue weighted by atomic mass is 9.79. The van der Waals surface area contributed by atoms with Gasteiger partial charge >= 0.3 is 6.61 Å². The molecule has 1 unspecified atom stereocenters. The van der Waals surface area contributed by atoms with Gasteiger partial charge in [-0.05, 0) is 24.0 Å². The Kier molecular flexibility index (Phi) is 4.95. The summed E-state index contributed by atoms with van der Waals surface area (Å²) in [6.07, 6.45) is 2.18. The number of nitrogens with one attached hydrogen (secondary N) is 1. The number of aromatic nitrogens is 2.